The molecule has 3 N–H and O–H groups in total. The highest BCUT2D eigenvalue weighted by atomic mass is 35.5. The second-order valence-electron chi connectivity index (χ2n) is 5.01. The first kappa shape index (κ1) is 18.8. The number of carbonyl (C=O) groups is 1. The van der Waals surface area contributed by atoms with Crippen molar-refractivity contribution in [2.75, 3.05) is 5.32 Å². The second-order valence-corrected chi connectivity index (χ2v) is 6.10. The zero-order valence-corrected chi connectivity index (χ0v) is 14.5. The molecule has 0 saturated carbocycles. The van der Waals surface area contributed by atoms with Crippen LogP contribution in [0.15, 0.2) is 18.3 Å². The number of amides is 1. The Morgan fingerprint density at radius 1 is 1.45 bits per heavy atom. The van der Waals surface area contributed by atoms with Gasteiger partial charge in [0.15, 0.2) is 5.13 Å². The summed E-state index contributed by atoms with van der Waals surface area (Å²) in [5, 5.41) is 3.47. The van der Waals surface area contributed by atoms with Gasteiger partial charge in [-0.05, 0) is 37.8 Å². The Balaban J connectivity index is 0.00000121. The van der Waals surface area contributed by atoms with E-state index in [1.165, 1.54) is 16.2 Å². The summed E-state index contributed by atoms with van der Waals surface area (Å²) in [6.45, 7) is 1.87. The third-order valence-corrected chi connectivity index (χ3v) is 4.46. The van der Waals surface area contributed by atoms with Crippen molar-refractivity contribution >= 4 is 47.2 Å². The Bertz CT molecular complexity index is 662. The van der Waals surface area contributed by atoms with Crippen molar-refractivity contribution in [2.24, 2.45) is 5.73 Å². The SMILES string of the molecule is Cc1cccnc1C(=O)Nc1nc2c(s1)C[C@@H](N)CC2.Cl.Cl. The van der Waals surface area contributed by atoms with Crippen LogP contribution >= 0.6 is 36.2 Å². The van der Waals surface area contributed by atoms with Gasteiger partial charge in [0.2, 0.25) is 0 Å². The normalized spacial score (nSPS) is 16.0. The smallest absolute Gasteiger partial charge is 0.276 e. The lowest BCUT2D eigenvalue weighted by atomic mass is 9.99. The predicted octanol–water partition coefficient (Wildman–Crippen LogP) is 2.76. The summed E-state index contributed by atoms with van der Waals surface area (Å²) in [5.74, 6) is -0.210. The van der Waals surface area contributed by atoms with E-state index in [4.69, 9.17) is 5.73 Å². The molecule has 22 heavy (non-hydrogen) atoms. The number of anilines is 1. The molecule has 2 aromatic rings. The summed E-state index contributed by atoms with van der Waals surface area (Å²) in [7, 11) is 0. The first-order valence-electron chi connectivity index (χ1n) is 6.60. The Hall–Kier alpha value is -1.21. The predicted molar refractivity (Wildman–Crippen MR) is 93.5 cm³/mol. The Labute approximate surface area is 145 Å². The van der Waals surface area contributed by atoms with Gasteiger partial charge in [-0.1, -0.05) is 6.07 Å². The number of hydrogen-bond donors (Lipinski definition) is 2. The number of hydrogen-bond acceptors (Lipinski definition) is 5. The van der Waals surface area contributed by atoms with E-state index < -0.39 is 0 Å². The average Bonchev–Trinajstić information content (AvgIpc) is 2.80. The van der Waals surface area contributed by atoms with E-state index in [9.17, 15) is 4.79 Å². The number of pyridine rings is 1. The molecule has 1 atom stereocenters. The topological polar surface area (TPSA) is 80.9 Å². The van der Waals surface area contributed by atoms with Crippen LogP contribution < -0.4 is 11.1 Å². The molecule has 0 saturated heterocycles. The molecule has 1 amide bonds. The molecule has 0 spiro atoms. The molecule has 0 unspecified atom stereocenters. The molecular formula is C14H18Cl2N4OS. The van der Waals surface area contributed by atoms with Gasteiger partial charge in [-0.15, -0.1) is 36.2 Å². The Kier molecular flexibility index (Phi) is 6.74. The molecule has 0 radical (unpaired) electrons. The number of nitrogens with two attached hydrogens (primary N) is 1. The summed E-state index contributed by atoms with van der Waals surface area (Å²) in [6.07, 6.45) is 4.33. The van der Waals surface area contributed by atoms with Gasteiger partial charge in [0, 0.05) is 17.1 Å². The lowest BCUT2D eigenvalue weighted by Gasteiger charge is -2.15. The number of aryl methyl sites for hydroxylation is 2. The molecule has 0 bridgehead atoms. The van der Waals surface area contributed by atoms with Crippen LogP contribution in [-0.2, 0) is 12.8 Å². The van der Waals surface area contributed by atoms with E-state index in [0.717, 1.165) is 30.5 Å². The second kappa shape index (κ2) is 7.87. The molecule has 1 aliphatic carbocycles. The van der Waals surface area contributed by atoms with Crippen molar-refractivity contribution < 1.29 is 4.79 Å². The number of nitrogens with zero attached hydrogens (tertiary/aromatic N) is 2. The van der Waals surface area contributed by atoms with E-state index in [0.29, 0.717) is 10.8 Å². The van der Waals surface area contributed by atoms with Gasteiger partial charge in [0.05, 0.1) is 5.69 Å². The molecule has 0 aromatic carbocycles. The first-order valence-corrected chi connectivity index (χ1v) is 7.42. The standard InChI is InChI=1S/C14H16N4OS.2ClH/c1-8-3-2-6-16-12(8)13(19)18-14-17-10-5-4-9(15)7-11(10)20-14;;/h2-3,6,9H,4-5,7,15H2,1H3,(H,17,18,19);2*1H/t9-;;/m0../s1. The monoisotopic (exact) mass is 360 g/mol. The minimum absolute atomic E-state index is 0. The minimum atomic E-state index is -0.210. The van der Waals surface area contributed by atoms with Gasteiger partial charge >= 0.3 is 0 Å². The van der Waals surface area contributed by atoms with Crippen molar-refractivity contribution in [1.82, 2.24) is 9.97 Å². The van der Waals surface area contributed by atoms with Crippen LogP contribution in [0.2, 0.25) is 0 Å². The van der Waals surface area contributed by atoms with Crippen LogP contribution in [0.4, 0.5) is 5.13 Å². The van der Waals surface area contributed by atoms with E-state index in [-0.39, 0.29) is 36.8 Å². The van der Waals surface area contributed by atoms with Gasteiger partial charge in [0.25, 0.3) is 5.91 Å². The molecule has 2 heterocycles. The summed E-state index contributed by atoms with van der Waals surface area (Å²) >= 11 is 1.52. The van der Waals surface area contributed by atoms with Gasteiger partial charge in [-0.2, -0.15) is 0 Å². The van der Waals surface area contributed by atoms with Gasteiger partial charge in [-0.25, -0.2) is 4.98 Å². The summed E-state index contributed by atoms with van der Waals surface area (Å²) in [4.78, 5) is 22.0. The van der Waals surface area contributed by atoms with Crippen LogP contribution in [0, 0.1) is 6.92 Å². The van der Waals surface area contributed by atoms with Crippen LogP contribution in [0.3, 0.4) is 0 Å². The van der Waals surface area contributed by atoms with Crippen LogP contribution in [-0.4, -0.2) is 21.9 Å². The lowest BCUT2D eigenvalue weighted by molar-refractivity contribution is 0.102. The quantitative estimate of drug-likeness (QED) is 0.862. The maximum Gasteiger partial charge on any atom is 0.276 e. The highest BCUT2D eigenvalue weighted by Crippen LogP contribution is 2.29. The summed E-state index contributed by atoms with van der Waals surface area (Å²) in [5.41, 5.74) is 8.32. The van der Waals surface area contributed by atoms with Crippen molar-refractivity contribution in [1.29, 1.82) is 0 Å². The molecule has 120 valence electrons. The number of thiazole rings is 1. The third kappa shape index (κ3) is 3.95. The van der Waals surface area contributed by atoms with Crippen molar-refractivity contribution in [3.8, 4) is 0 Å². The highest BCUT2D eigenvalue weighted by Gasteiger charge is 2.21. The summed E-state index contributed by atoms with van der Waals surface area (Å²) < 4.78 is 0. The fourth-order valence-electron chi connectivity index (χ4n) is 2.33. The number of nitrogens with one attached hydrogen (secondary N) is 1. The van der Waals surface area contributed by atoms with Gasteiger partial charge < -0.3 is 5.73 Å². The van der Waals surface area contributed by atoms with Crippen LogP contribution in [0.5, 0.6) is 0 Å². The van der Waals surface area contributed by atoms with Crippen LogP contribution in [0.1, 0.15) is 33.0 Å². The highest BCUT2D eigenvalue weighted by molar-refractivity contribution is 7.15. The molecule has 5 nitrogen and oxygen atoms in total. The molecular weight excluding hydrogens is 343 g/mol. The molecule has 3 rings (SSSR count). The fraction of sp³-hybridized carbons (Fsp3) is 0.357. The van der Waals surface area contributed by atoms with E-state index in [2.05, 4.69) is 15.3 Å². The van der Waals surface area contributed by atoms with Gasteiger partial charge in [0.1, 0.15) is 5.69 Å². The zero-order chi connectivity index (χ0) is 14.1. The van der Waals surface area contributed by atoms with E-state index in [1.54, 1.807) is 6.20 Å². The maximum absolute atomic E-state index is 12.2. The molecule has 8 heteroatoms. The molecule has 0 fully saturated rings. The Morgan fingerprint density at radius 2 is 2.23 bits per heavy atom. The Morgan fingerprint density at radius 3 is 2.95 bits per heavy atom. The molecule has 0 aliphatic heterocycles. The van der Waals surface area contributed by atoms with Crippen molar-refractivity contribution in [3.63, 3.8) is 0 Å². The summed E-state index contributed by atoms with van der Waals surface area (Å²) in [6, 6.07) is 3.90. The van der Waals surface area contributed by atoms with Gasteiger partial charge in [-0.3, -0.25) is 15.1 Å². The number of fused-ring (bicyclic) bond motifs is 1. The average molecular weight is 361 g/mol. The molecule has 2 aromatic heterocycles. The minimum Gasteiger partial charge on any atom is -0.327 e. The van der Waals surface area contributed by atoms with Crippen LogP contribution in [0.25, 0.3) is 0 Å². The first-order chi connectivity index (χ1) is 9.63. The number of halogens is 2. The largest absolute Gasteiger partial charge is 0.327 e. The lowest BCUT2D eigenvalue weighted by Crippen LogP contribution is -2.27. The van der Waals surface area contributed by atoms with E-state index >= 15 is 0 Å². The number of rotatable bonds is 2. The molecule has 1 aliphatic rings. The van der Waals surface area contributed by atoms with E-state index in [1.807, 2.05) is 19.1 Å². The fourth-order valence-corrected chi connectivity index (χ4v) is 3.43. The van der Waals surface area contributed by atoms with Crippen molar-refractivity contribution in [2.45, 2.75) is 32.2 Å². The number of carbonyl (C=O) groups excluding carboxylic acids is 1. The zero-order valence-electron chi connectivity index (χ0n) is 12.0. The third-order valence-electron chi connectivity index (χ3n) is 3.42. The van der Waals surface area contributed by atoms with Crippen molar-refractivity contribution in [3.05, 3.63) is 40.2 Å². The maximum atomic E-state index is 12.2. The number of aromatic nitrogens is 2.